The van der Waals surface area contributed by atoms with Crippen LogP contribution in [0, 0.1) is 6.42 Å². The second kappa shape index (κ2) is 36.2. The molecule has 0 saturated heterocycles. The summed E-state index contributed by atoms with van der Waals surface area (Å²) in [6.45, 7) is 6.26. The van der Waals surface area contributed by atoms with Gasteiger partial charge in [0.15, 0.2) is 0 Å². The summed E-state index contributed by atoms with van der Waals surface area (Å²) in [6.07, 6.45) is 48.8. The molecule has 2 heteroatoms. The van der Waals surface area contributed by atoms with Crippen LogP contribution in [0.3, 0.4) is 0 Å². The first-order valence-electron chi connectivity index (χ1n) is 17.8. The molecule has 0 aromatic heterocycles. The fourth-order valence-corrected chi connectivity index (χ4v) is 5.00. The van der Waals surface area contributed by atoms with Crippen molar-refractivity contribution in [2.24, 2.45) is 0 Å². The average Bonchev–Trinajstić information content (AvgIpc) is 2.96. The molecule has 0 bridgehead atoms. The summed E-state index contributed by atoms with van der Waals surface area (Å²) in [6, 6.07) is 0. The van der Waals surface area contributed by atoms with Crippen molar-refractivity contribution >= 4 is 0 Å². The molecule has 0 spiro atoms. The summed E-state index contributed by atoms with van der Waals surface area (Å²) in [4.78, 5) is 0. The molecule has 0 aliphatic heterocycles. The molecule has 0 heterocycles. The lowest BCUT2D eigenvalue weighted by molar-refractivity contribution is 0.147. The summed E-state index contributed by atoms with van der Waals surface area (Å²) in [5.41, 5.74) is 0. The topological polar surface area (TPSA) is 29.5 Å². The van der Waals surface area contributed by atoms with Crippen LogP contribution in [0.15, 0.2) is 36.5 Å². The Morgan fingerprint density at radius 2 is 0.975 bits per heavy atom. The maximum Gasteiger partial charge on any atom is 0.0574 e. The van der Waals surface area contributed by atoms with Crippen LogP contribution in [0.2, 0.25) is 0 Å². The van der Waals surface area contributed by atoms with Crippen molar-refractivity contribution in [3.05, 3.63) is 42.9 Å². The smallest absolute Gasteiger partial charge is 0.0574 e. The first-order chi connectivity index (χ1) is 19.8. The van der Waals surface area contributed by atoms with Gasteiger partial charge in [0.05, 0.1) is 6.10 Å². The summed E-state index contributed by atoms with van der Waals surface area (Å²) < 4.78 is 5.80. The third kappa shape index (κ3) is 35.2. The van der Waals surface area contributed by atoms with Gasteiger partial charge in [-0.05, 0) is 77.0 Å². The van der Waals surface area contributed by atoms with E-state index >= 15 is 0 Å². The third-order valence-electron chi connectivity index (χ3n) is 7.72. The Balaban J connectivity index is 3.18. The molecule has 0 aliphatic carbocycles. The van der Waals surface area contributed by atoms with Gasteiger partial charge >= 0.3 is 0 Å². The second-order valence-corrected chi connectivity index (χ2v) is 11.9. The number of aliphatic hydroxyl groups excluding tert-OH is 1. The summed E-state index contributed by atoms with van der Waals surface area (Å²) >= 11 is 0. The Morgan fingerprint density at radius 1 is 0.500 bits per heavy atom. The highest BCUT2D eigenvalue weighted by Crippen LogP contribution is 2.12. The molecule has 40 heavy (non-hydrogen) atoms. The average molecular weight is 560 g/mol. The lowest BCUT2D eigenvalue weighted by Crippen LogP contribution is -2.04. The first-order valence-corrected chi connectivity index (χ1v) is 17.8. The van der Waals surface area contributed by atoms with E-state index in [1.54, 1.807) is 0 Å². The van der Waals surface area contributed by atoms with Gasteiger partial charge < -0.3 is 9.84 Å². The van der Waals surface area contributed by atoms with E-state index in [2.05, 4.69) is 56.7 Å². The molecule has 1 N–H and O–H groups in total. The molecule has 0 unspecified atom stereocenters. The number of hydrogen-bond acceptors (Lipinski definition) is 2. The summed E-state index contributed by atoms with van der Waals surface area (Å²) in [5.74, 6) is 0. The fraction of sp³-hybridized carbons (Fsp3) is 0.816. The fourth-order valence-electron chi connectivity index (χ4n) is 5.00. The van der Waals surface area contributed by atoms with E-state index in [1.165, 1.54) is 148 Å². The Hall–Kier alpha value is -0.860. The number of rotatable bonds is 33. The molecule has 0 fully saturated rings. The number of unbranched alkanes of at least 4 members (excludes halogenated alkanes) is 20. The zero-order valence-electron chi connectivity index (χ0n) is 27.3. The molecule has 0 aromatic carbocycles. The highest BCUT2D eigenvalue weighted by atomic mass is 16.5. The van der Waals surface area contributed by atoms with Crippen molar-refractivity contribution in [3.8, 4) is 0 Å². The SMILES string of the molecule is CCCCC/C=C\C/C=C\CCCCCCCCOC[CH]CCCCCCCC/C=C\C[C@H](O)CCCCCC. The minimum Gasteiger partial charge on any atom is -0.393 e. The quantitative estimate of drug-likeness (QED) is 0.0640. The van der Waals surface area contributed by atoms with Crippen LogP contribution in [0.4, 0.5) is 0 Å². The van der Waals surface area contributed by atoms with Gasteiger partial charge in [-0.2, -0.15) is 0 Å². The maximum absolute atomic E-state index is 9.99. The molecule has 235 valence electrons. The van der Waals surface area contributed by atoms with Crippen molar-refractivity contribution in [2.75, 3.05) is 13.2 Å². The predicted molar refractivity (Wildman–Crippen MR) is 180 cm³/mol. The molecule has 0 amide bonds. The van der Waals surface area contributed by atoms with Gasteiger partial charge in [-0.25, -0.2) is 0 Å². The first kappa shape index (κ1) is 39.1. The Morgan fingerprint density at radius 3 is 1.60 bits per heavy atom. The van der Waals surface area contributed by atoms with Gasteiger partial charge in [-0.3, -0.25) is 0 Å². The molecule has 0 aromatic rings. The van der Waals surface area contributed by atoms with E-state index in [0.717, 1.165) is 32.5 Å². The number of allylic oxidation sites excluding steroid dienone is 5. The van der Waals surface area contributed by atoms with E-state index in [1.807, 2.05) is 0 Å². The van der Waals surface area contributed by atoms with Crippen LogP contribution < -0.4 is 0 Å². The molecule has 1 radical (unpaired) electrons. The molecular formula is C38H71O2. The van der Waals surface area contributed by atoms with Crippen LogP contribution in [-0.4, -0.2) is 24.4 Å². The van der Waals surface area contributed by atoms with Gasteiger partial charge in [0.1, 0.15) is 0 Å². The van der Waals surface area contributed by atoms with Gasteiger partial charge in [-0.1, -0.05) is 147 Å². The molecule has 2 nitrogen and oxygen atoms in total. The van der Waals surface area contributed by atoms with Crippen molar-refractivity contribution in [3.63, 3.8) is 0 Å². The number of ether oxygens (including phenoxy) is 1. The Kier molecular flexibility index (Phi) is 35.4. The van der Waals surface area contributed by atoms with Crippen molar-refractivity contribution in [2.45, 2.75) is 187 Å². The highest BCUT2D eigenvalue weighted by Gasteiger charge is 2.00. The highest BCUT2D eigenvalue weighted by molar-refractivity contribution is 4.92. The second-order valence-electron chi connectivity index (χ2n) is 11.9. The van der Waals surface area contributed by atoms with Crippen molar-refractivity contribution < 1.29 is 9.84 Å². The maximum atomic E-state index is 9.99. The standard InChI is InChI=1S/C38H71O2/c1-3-5-7-9-10-11-12-13-14-15-16-19-22-25-28-32-36-40-37-33-29-26-23-20-17-18-21-24-27-31-35-38(39)34-30-8-6-4-2/h10-11,13-14,27,31,33,38-39H,3-9,12,15-26,28-30,32,34-37H2,1-2H3/b11-10-,14-13-,31-27-/t38-/m1/s1. The normalized spacial score (nSPS) is 13.0. The van der Waals surface area contributed by atoms with E-state index in [9.17, 15) is 5.11 Å². The van der Waals surface area contributed by atoms with Crippen LogP contribution in [0.1, 0.15) is 181 Å². The van der Waals surface area contributed by atoms with Crippen LogP contribution in [0.25, 0.3) is 0 Å². The van der Waals surface area contributed by atoms with Gasteiger partial charge in [0.25, 0.3) is 0 Å². The molecule has 0 saturated carbocycles. The van der Waals surface area contributed by atoms with E-state index < -0.39 is 0 Å². The lowest BCUT2D eigenvalue weighted by Gasteiger charge is -2.07. The Bertz CT molecular complexity index is 536. The van der Waals surface area contributed by atoms with Gasteiger partial charge in [-0.15, -0.1) is 0 Å². The molecule has 0 aliphatic rings. The van der Waals surface area contributed by atoms with E-state index in [4.69, 9.17) is 4.74 Å². The summed E-state index contributed by atoms with van der Waals surface area (Å²) in [7, 11) is 0. The van der Waals surface area contributed by atoms with Crippen LogP contribution in [0.5, 0.6) is 0 Å². The van der Waals surface area contributed by atoms with E-state index in [0.29, 0.717) is 0 Å². The monoisotopic (exact) mass is 560 g/mol. The number of aliphatic hydroxyl groups is 1. The van der Waals surface area contributed by atoms with Crippen molar-refractivity contribution in [1.82, 2.24) is 0 Å². The Labute approximate surface area is 252 Å². The molecular weight excluding hydrogens is 488 g/mol. The van der Waals surface area contributed by atoms with Crippen LogP contribution in [-0.2, 0) is 4.74 Å². The van der Waals surface area contributed by atoms with E-state index in [-0.39, 0.29) is 6.10 Å². The van der Waals surface area contributed by atoms with Crippen molar-refractivity contribution in [1.29, 1.82) is 0 Å². The lowest BCUT2D eigenvalue weighted by atomic mass is 10.1. The van der Waals surface area contributed by atoms with Gasteiger partial charge in [0.2, 0.25) is 0 Å². The summed E-state index contributed by atoms with van der Waals surface area (Å²) in [5, 5.41) is 9.99. The molecule has 0 rings (SSSR count). The largest absolute Gasteiger partial charge is 0.393 e. The van der Waals surface area contributed by atoms with Gasteiger partial charge in [0, 0.05) is 13.2 Å². The predicted octanol–water partition coefficient (Wildman–Crippen LogP) is 12.4. The van der Waals surface area contributed by atoms with Crippen LogP contribution >= 0.6 is 0 Å². The third-order valence-corrected chi connectivity index (χ3v) is 7.72. The number of hydrogen-bond donors (Lipinski definition) is 1. The zero-order chi connectivity index (χ0) is 29.0. The molecule has 1 atom stereocenters. The zero-order valence-corrected chi connectivity index (χ0v) is 27.3. The minimum absolute atomic E-state index is 0.133. The minimum atomic E-state index is -0.133.